The number of nitrogen functional groups attached to an aromatic ring is 1. The van der Waals surface area contributed by atoms with Crippen LogP contribution in [0.25, 0.3) is 11.2 Å². The molecule has 4 heterocycles. The number of allylic oxidation sites excluding steroid dienone is 3. The van der Waals surface area contributed by atoms with Crippen LogP contribution in [0.1, 0.15) is 31.0 Å². The largest absolute Gasteiger partial charge is 0.383 e. The standard InChI is InChI=1S/C25H29BrFN7O2/c1-14(36-2)25(35)33-7-5-18(6-8-33)29-13-21-22(26)23(28)34-24(32-21)19(12-31-34)16-9-15-10-17(27)3-4-20(15)30-11-16/h3-4,9-12,14-15,18,20,29H,5-8,13,28H2,1-2H3. The van der Waals surface area contributed by atoms with E-state index in [1.165, 1.54) is 6.08 Å². The van der Waals surface area contributed by atoms with Crippen molar-refractivity contribution in [2.24, 2.45) is 10.9 Å². The van der Waals surface area contributed by atoms with Crippen molar-refractivity contribution >= 4 is 45.1 Å². The number of nitrogens with zero attached hydrogens (tertiary/aromatic N) is 5. The molecule has 190 valence electrons. The number of methoxy groups -OCH3 is 1. The molecule has 2 aromatic rings. The van der Waals surface area contributed by atoms with Gasteiger partial charge in [-0.15, -0.1) is 0 Å². The van der Waals surface area contributed by atoms with Gasteiger partial charge in [-0.25, -0.2) is 9.37 Å². The summed E-state index contributed by atoms with van der Waals surface area (Å²) in [6.45, 7) is 3.66. The summed E-state index contributed by atoms with van der Waals surface area (Å²) >= 11 is 3.58. The van der Waals surface area contributed by atoms with Crippen LogP contribution in [0, 0.1) is 5.92 Å². The zero-order valence-electron chi connectivity index (χ0n) is 20.2. The van der Waals surface area contributed by atoms with Crippen LogP contribution in [-0.2, 0) is 16.1 Å². The summed E-state index contributed by atoms with van der Waals surface area (Å²) in [6, 6.07) is 0.162. The van der Waals surface area contributed by atoms with E-state index in [0.717, 1.165) is 29.7 Å². The summed E-state index contributed by atoms with van der Waals surface area (Å²) < 4.78 is 21.2. The van der Waals surface area contributed by atoms with E-state index in [4.69, 9.17) is 15.5 Å². The van der Waals surface area contributed by atoms with Gasteiger partial charge in [0.2, 0.25) is 0 Å². The number of amides is 1. The number of halogens is 2. The highest BCUT2D eigenvalue weighted by Gasteiger charge is 2.27. The van der Waals surface area contributed by atoms with Gasteiger partial charge >= 0.3 is 0 Å². The fourth-order valence-corrected chi connectivity index (χ4v) is 5.19. The molecule has 0 radical (unpaired) electrons. The third-order valence-electron chi connectivity index (χ3n) is 7.02. The quantitative estimate of drug-likeness (QED) is 0.564. The second-order valence-corrected chi connectivity index (χ2v) is 10.1. The van der Waals surface area contributed by atoms with Crippen molar-refractivity contribution in [1.82, 2.24) is 24.8 Å². The van der Waals surface area contributed by atoms with Crippen molar-refractivity contribution in [2.45, 2.75) is 44.5 Å². The fourth-order valence-electron chi connectivity index (χ4n) is 4.80. The molecule has 9 nitrogen and oxygen atoms in total. The Bertz CT molecular complexity index is 1290. The zero-order valence-corrected chi connectivity index (χ0v) is 21.8. The van der Waals surface area contributed by atoms with Gasteiger partial charge in [0.25, 0.3) is 5.91 Å². The van der Waals surface area contributed by atoms with Gasteiger partial charge in [-0.1, -0.05) is 12.2 Å². The van der Waals surface area contributed by atoms with Crippen LogP contribution >= 0.6 is 15.9 Å². The number of aromatic nitrogens is 3. The number of dihydropyridines is 1. The van der Waals surface area contributed by atoms with Crippen molar-refractivity contribution in [3.63, 3.8) is 0 Å². The second-order valence-electron chi connectivity index (χ2n) is 9.29. The van der Waals surface area contributed by atoms with Crippen molar-refractivity contribution in [3.05, 3.63) is 52.1 Å². The molecular formula is C25H29BrFN7O2. The highest BCUT2D eigenvalue weighted by atomic mass is 79.9. The maximum Gasteiger partial charge on any atom is 0.251 e. The molecule has 11 heteroatoms. The number of likely N-dealkylation sites (tertiary alicyclic amines) is 1. The number of carbonyl (C=O) groups excluding carboxylic acids is 1. The normalized spacial score (nSPS) is 22.9. The van der Waals surface area contributed by atoms with Crippen LogP contribution in [0.3, 0.4) is 0 Å². The number of nitrogens with two attached hydrogens (primary N) is 1. The van der Waals surface area contributed by atoms with Crippen LogP contribution in [-0.4, -0.2) is 70.0 Å². The maximum atomic E-state index is 13.8. The van der Waals surface area contributed by atoms with Crippen molar-refractivity contribution in [2.75, 3.05) is 25.9 Å². The molecule has 3 unspecified atom stereocenters. The van der Waals surface area contributed by atoms with Crippen LogP contribution in [0.4, 0.5) is 10.2 Å². The predicted molar refractivity (Wildman–Crippen MR) is 140 cm³/mol. The topological polar surface area (TPSA) is 110 Å². The fraction of sp³-hybridized carbons (Fsp3) is 0.440. The van der Waals surface area contributed by atoms with E-state index in [0.29, 0.717) is 35.6 Å². The maximum absolute atomic E-state index is 13.8. The molecular weight excluding hydrogens is 529 g/mol. The van der Waals surface area contributed by atoms with Crippen molar-refractivity contribution in [1.29, 1.82) is 0 Å². The molecule has 1 amide bonds. The second kappa shape index (κ2) is 10.2. The molecule has 1 aliphatic carbocycles. The van der Waals surface area contributed by atoms with E-state index in [-0.39, 0.29) is 29.7 Å². The summed E-state index contributed by atoms with van der Waals surface area (Å²) in [5.41, 5.74) is 9.41. The van der Waals surface area contributed by atoms with Gasteiger partial charge < -0.3 is 20.7 Å². The number of carbonyl (C=O) groups is 1. The van der Waals surface area contributed by atoms with Crippen LogP contribution in [0.15, 0.2) is 45.8 Å². The molecule has 1 saturated heterocycles. The molecule has 3 aliphatic rings. The summed E-state index contributed by atoms with van der Waals surface area (Å²) in [4.78, 5) is 23.7. The Hall–Kier alpha value is -2.89. The van der Waals surface area contributed by atoms with Crippen LogP contribution < -0.4 is 11.1 Å². The molecule has 36 heavy (non-hydrogen) atoms. The smallest absolute Gasteiger partial charge is 0.251 e. The Morgan fingerprint density at radius 1 is 1.36 bits per heavy atom. The summed E-state index contributed by atoms with van der Waals surface area (Å²) in [5, 5.41) is 8.00. The number of nitrogens with one attached hydrogen (secondary N) is 1. The predicted octanol–water partition coefficient (Wildman–Crippen LogP) is 3.07. The van der Waals surface area contributed by atoms with Gasteiger partial charge in [0, 0.05) is 56.1 Å². The molecule has 2 aliphatic heterocycles. The number of aliphatic imine (C=N–C) groups is 1. The van der Waals surface area contributed by atoms with Gasteiger partial charge in [-0.05, 0) is 47.8 Å². The van der Waals surface area contributed by atoms with E-state index >= 15 is 0 Å². The first kappa shape index (κ1) is 24.8. The van der Waals surface area contributed by atoms with Gasteiger partial charge in [0.05, 0.1) is 22.4 Å². The zero-order chi connectivity index (χ0) is 25.4. The number of ether oxygens (including phenoxy) is 1. The lowest BCUT2D eigenvalue weighted by atomic mass is 9.89. The number of piperidine rings is 1. The SMILES string of the molecule is COC(C)C(=O)N1CCC(NCc2nc3c(C4=CC5C=C(F)C=CC5N=C4)cnn3c(N)c2Br)CC1. The third-order valence-corrected chi connectivity index (χ3v) is 7.89. The number of hydrogen-bond donors (Lipinski definition) is 2. The first-order chi connectivity index (χ1) is 17.4. The lowest BCUT2D eigenvalue weighted by Crippen LogP contribution is -2.47. The van der Waals surface area contributed by atoms with Gasteiger partial charge in [0.15, 0.2) is 5.65 Å². The summed E-state index contributed by atoms with van der Waals surface area (Å²) in [6.07, 6.45) is 11.6. The van der Waals surface area contributed by atoms with Crippen molar-refractivity contribution < 1.29 is 13.9 Å². The lowest BCUT2D eigenvalue weighted by Gasteiger charge is -2.33. The molecule has 0 aromatic carbocycles. The highest BCUT2D eigenvalue weighted by Crippen LogP contribution is 2.32. The lowest BCUT2D eigenvalue weighted by molar-refractivity contribution is -0.142. The first-order valence-electron chi connectivity index (χ1n) is 12.0. The average molecular weight is 558 g/mol. The Labute approximate surface area is 217 Å². The Morgan fingerprint density at radius 3 is 2.89 bits per heavy atom. The molecule has 3 atom stereocenters. The van der Waals surface area contributed by atoms with Crippen LogP contribution in [0.2, 0.25) is 0 Å². The van der Waals surface area contributed by atoms with Crippen molar-refractivity contribution in [3.8, 4) is 0 Å². The first-order valence-corrected chi connectivity index (χ1v) is 12.8. The summed E-state index contributed by atoms with van der Waals surface area (Å²) in [7, 11) is 1.55. The molecule has 3 N–H and O–H groups in total. The minimum absolute atomic E-state index is 0.0289. The van der Waals surface area contributed by atoms with Gasteiger partial charge in [-0.2, -0.15) is 9.61 Å². The van der Waals surface area contributed by atoms with E-state index < -0.39 is 6.10 Å². The molecule has 2 aromatic heterocycles. The van der Waals surface area contributed by atoms with E-state index in [1.54, 1.807) is 43.1 Å². The molecule has 1 fully saturated rings. The number of fused-ring (bicyclic) bond motifs is 2. The third kappa shape index (κ3) is 4.74. The number of anilines is 1. The van der Waals surface area contributed by atoms with E-state index in [1.807, 2.05) is 11.0 Å². The average Bonchev–Trinajstić information content (AvgIpc) is 3.32. The Morgan fingerprint density at radius 2 is 2.14 bits per heavy atom. The number of hydrogen-bond acceptors (Lipinski definition) is 7. The van der Waals surface area contributed by atoms with E-state index in [9.17, 15) is 9.18 Å². The number of rotatable bonds is 6. The minimum atomic E-state index is -0.422. The molecule has 5 rings (SSSR count). The van der Waals surface area contributed by atoms with Gasteiger partial charge in [-0.3, -0.25) is 9.79 Å². The molecule has 0 spiro atoms. The van der Waals surface area contributed by atoms with E-state index in [2.05, 4.69) is 31.3 Å². The highest BCUT2D eigenvalue weighted by molar-refractivity contribution is 9.10. The Kier molecular flexibility index (Phi) is 7.05. The molecule has 0 saturated carbocycles. The minimum Gasteiger partial charge on any atom is -0.383 e. The monoisotopic (exact) mass is 557 g/mol. The Balaban J connectivity index is 1.32. The molecule has 0 bridgehead atoms. The van der Waals surface area contributed by atoms with Crippen LogP contribution in [0.5, 0.6) is 0 Å². The van der Waals surface area contributed by atoms with Gasteiger partial charge in [0.1, 0.15) is 17.7 Å². The summed E-state index contributed by atoms with van der Waals surface area (Å²) in [5.74, 6) is 0.0754.